The van der Waals surface area contributed by atoms with Crippen LogP contribution in [0.25, 0.3) is 0 Å². The van der Waals surface area contributed by atoms with Crippen molar-refractivity contribution in [3.63, 3.8) is 0 Å². The number of fused-ring (bicyclic) bond motifs is 2. The third kappa shape index (κ3) is 2.46. The van der Waals surface area contributed by atoms with E-state index in [4.69, 9.17) is 9.47 Å². The van der Waals surface area contributed by atoms with Crippen LogP contribution < -0.4 is 14.8 Å². The average molecular weight is 290 g/mol. The number of aromatic nitrogens is 1. The number of nitrogens with one attached hydrogen (secondary N) is 1. The summed E-state index contributed by atoms with van der Waals surface area (Å²) in [6, 6.07) is 17.5. The molecule has 0 spiro atoms. The van der Waals surface area contributed by atoms with E-state index in [1.165, 1.54) is 5.56 Å². The van der Waals surface area contributed by atoms with Crippen molar-refractivity contribution in [2.24, 2.45) is 0 Å². The Hall–Kier alpha value is -3.01. The van der Waals surface area contributed by atoms with Gasteiger partial charge in [-0.25, -0.2) is 0 Å². The molecule has 4 heteroatoms. The summed E-state index contributed by atoms with van der Waals surface area (Å²) >= 11 is 0. The van der Waals surface area contributed by atoms with Gasteiger partial charge in [0.05, 0.1) is 0 Å². The highest BCUT2D eigenvalue weighted by Crippen LogP contribution is 2.45. The smallest absolute Gasteiger partial charge is 0.172 e. The van der Waals surface area contributed by atoms with E-state index in [-0.39, 0.29) is 0 Å². The minimum Gasteiger partial charge on any atom is -0.450 e. The minimum atomic E-state index is 0.721. The minimum absolute atomic E-state index is 0.721. The van der Waals surface area contributed by atoms with Crippen LogP contribution in [0.4, 0.5) is 5.69 Å². The maximum atomic E-state index is 5.90. The Bertz CT molecular complexity index is 803. The fourth-order valence-corrected chi connectivity index (χ4v) is 2.34. The quantitative estimate of drug-likeness (QED) is 0.599. The molecule has 0 amide bonds. The molecule has 2 heterocycles. The van der Waals surface area contributed by atoms with E-state index in [2.05, 4.69) is 10.3 Å². The van der Waals surface area contributed by atoms with E-state index in [0.29, 0.717) is 0 Å². The molecule has 0 saturated carbocycles. The summed E-state index contributed by atoms with van der Waals surface area (Å²) in [4.78, 5) is 4.02. The van der Waals surface area contributed by atoms with Crippen LogP contribution in [0, 0.1) is 0 Å². The standard InChI is InChI=1S/C18H14N2O2/c1-2-4-16-15(3-1)21-17-6-5-14(11-18(17)22-16)20-12-13-7-9-19-10-8-13/h1-11,20H,12H2. The average Bonchev–Trinajstić information content (AvgIpc) is 2.59. The van der Waals surface area contributed by atoms with E-state index < -0.39 is 0 Å². The molecule has 0 radical (unpaired) electrons. The highest BCUT2D eigenvalue weighted by Gasteiger charge is 2.18. The number of ether oxygens (including phenoxy) is 2. The molecule has 0 saturated heterocycles. The maximum Gasteiger partial charge on any atom is 0.172 e. The van der Waals surface area contributed by atoms with Crippen LogP contribution in [-0.2, 0) is 6.54 Å². The molecular formula is C18H14N2O2. The van der Waals surface area contributed by atoms with Gasteiger partial charge in [-0.1, -0.05) is 12.1 Å². The Morgan fingerprint density at radius 1 is 0.773 bits per heavy atom. The van der Waals surface area contributed by atoms with Gasteiger partial charge in [-0.2, -0.15) is 0 Å². The molecule has 2 aromatic carbocycles. The monoisotopic (exact) mass is 290 g/mol. The summed E-state index contributed by atoms with van der Waals surface area (Å²) in [5, 5.41) is 3.37. The van der Waals surface area contributed by atoms with Crippen LogP contribution >= 0.6 is 0 Å². The second-order valence-electron chi connectivity index (χ2n) is 5.02. The highest BCUT2D eigenvalue weighted by molar-refractivity contribution is 5.60. The van der Waals surface area contributed by atoms with Crippen molar-refractivity contribution in [3.8, 4) is 23.0 Å². The zero-order valence-electron chi connectivity index (χ0n) is 11.8. The summed E-state index contributed by atoms with van der Waals surface area (Å²) in [6.07, 6.45) is 3.58. The first-order chi connectivity index (χ1) is 10.9. The SMILES string of the molecule is c1ccc2c(c1)Oc1ccc(NCc3ccncc3)cc1O2. The van der Waals surface area contributed by atoms with Crippen molar-refractivity contribution >= 4 is 5.69 Å². The Morgan fingerprint density at radius 3 is 2.23 bits per heavy atom. The van der Waals surface area contributed by atoms with Gasteiger partial charge in [0.25, 0.3) is 0 Å². The third-order valence-corrected chi connectivity index (χ3v) is 3.48. The fourth-order valence-electron chi connectivity index (χ4n) is 2.34. The number of nitrogens with zero attached hydrogens (tertiary/aromatic N) is 1. The van der Waals surface area contributed by atoms with Gasteiger partial charge in [-0.3, -0.25) is 4.98 Å². The van der Waals surface area contributed by atoms with Gasteiger partial charge in [0.2, 0.25) is 0 Å². The number of hydrogen-bond acceptors (Lipinski definition) is 4. The van der Waals surface area contributed by atoms with Crippen molar-refractivity contribution in [3.05, 3.63) is 72.6 Å². The number of para-hydroxylation sites is 2. The number of rotatable bonds is 3. The van der Waals surface area contributed by atoms with Gasteiger partial charge in [-0.05, 0) is 42.0 Å². The second-order valence-corrected chi connectivity index (χ2v) is 5.02. The van der Waals surface area contributed by atoms with Gasteiger partial charge in [0.1, 0.15) is 0 Å². The second kappa shape index (κ2) is 5.41. The van der Waals surface area contributed by atoms with Crippen LogP contribution in [0.2, 0.25) is 0 Å². The van der Waals surface area contributed by atoms with Crippen LogP contribution in [0.1, 0.15) is 5.56 Å². The molecule has 108 valence electrons. The Labute approximate surface area is 128 Å². The summed E-state index contributed by atoms with van der Waals surface area (Å²) in [7, 11) is 0. The Morgan fingerprint density at radius 2 is 1.45 bits per heavy atom. The Kier molecular flexibility index (Phi) is 3.12. The molecule has 1 N–H and O–H groups in total. The van der Waals surface area contributed by atoms with E-state index in [1.807, 2.05) is 54.6 Å². The number of anilines is 1. The van der Waals surface area contributed by atoms with Crippen molar-refractivity contribution in [2.75, 3.05) is 5.32 Å². The first kappa shape index (κ1) is 12.7. The molecular weight excluding hydrogens is 276 g/mol. The van der Waals surface area contributed by atoms with Gasteiger partial charge in [0.15, 0.2) is 23.0 Å². The van der Waals surface area contributed by atoms with E-state index in [1.54, 1.807) is 12.4 Å². The summed E-state index contributed by atoms with van der Waals surface area (Å²) < 4.78 is 11.7. The number of hydrogen-bond donors (Lipinski definition) is 1. The van der Waals surface area contributed by atoms with Crippen LogP contribution in [0.5, 0.6) is 23.0 Å². The van der Waals surface area contributed by atoms with E-state index in [9.17, 15) is 0 Å². The predicted molar refractivity (Wildman–Crippen MR) is 84.6 cm³/mol. The summed E-state index contributed by atoms with van der Waals surface area (Å²) in [5.41, 5.74) is 2.16. The molecule has 3 aromatic rings. The van der Waals surface area contributed by atoms with Crippen molar-refractivity contribution in [1.29, 1.82) is 0 Å². The molecule has 0 atom stereocenters. The van der Waals surface area contributed by atoms with E-state index in [0.717, 1.165) is 35.2 Å². The lowest BCUT2D eigenvalue weighted by Crippen LogP contribution is -2.02. The summed E-state index contributed by atoms with van der Waals surface area (Å²) in [6.45, 7) is 0.735. The molecule has 0 fully saturated rings. The zero-order valence-corrected chi connectivity index (χ0v) is 11.8. The van der Waals surface area contributed by atoms with Gasteiger partial charge in [0, 0.05) is 30.7 Å². The van der Waals surface area contributed by atoms with Crippen LogP contribution in [0.15, 0.2) is 67.0 Å². The normalized spacial score (nSPS) is 11.6. The molecule has 4 nitrogen and oxygen atoms in total. The van der Waals surface area contributed by atoms with Gasteiger partial charge < -0.3 is 14.8 Å². The first-order valence-electron chi connectivity index (χ1n) is 7.10. The van der Waals surface area contributed by atoms with Crippen molar-refractivity contribution in [1.82, 2.24) is 4.98 Å². The maximum absolute atomic E-state index is 5.90. The van der Waals surface area contributed by atoms with Crippen LogP contribution in [-0.4, -0.2) is 4.98 Å². The lowest BCUT2D eigenvalue weighted by atomic mass is 10.2. The molecule has 1 aliphatic heterocycles. The molecule has 1 aliphatic rings. The molecule has 0 unspecified atom stereocenters. The molecule has 4 rings (SSSR count). The highest BCUT2D eigenvalue weighted by atomic mass is 16.6. The number of benzene rings is 2. The fraction of sp³-hybridized carbons (Fsp3) is 0.0556. The lowest BCUT2D eigenvalue weighted by Gasteiger charge is -2.21. The topological polar surface area (TPSA) is 43.4 Å². The van der Waals surface area contributed by atoms with Crippen molar-refractivity contribution in [2.45, 2.75) is 6.54 Å². The predicted octanol–water partition coefficient (Wildman–Crippen LogP) is 4.59. The zero-order chi connectivity index (χ0) is 14.8. The molecule has 22 heavy (non-hydrogen) atoms. The van der Waals surface area contributed by atoms with E-state index >= 15 is 0 Å². The Balaban J connectivity index is 1.53. The summed E-state index contributed by atoms with van der Waals surface area (Å²) in [5.74, 6) is 2.93. The van der Waals surface area contributed by atoms with Gasteiger partial charge >= 0.3 is 0 Å². The molecule has 1 aromatic heterocycles. The third-order valence-electron chi connectivity index (χ3n) is 3.48. The van der Waals surface area contributed by atoms with Gasteiger partial charge in [-0.15, -0.1) is 0 Å². The number of pyridine rings is 1. The first-order valence-corrected chi connectivity index (χ1v) is 7.10. The van der Waals surface area contributed by atoms with Crippen LogP contribution in [0.3, 0.4) is 0 Å². The lowest BCUT2D eigenvalue weighted by molar-refractivity contribution is 0.360. The molecule has 0 aliphatic carbocycles. The van der Waals surface area contributed by atoms with Crippen molar-refractivity contribution < 1.29 is 9.47 Å². The largest absolute Gasteiger partial charge is 0.450 e. The molecule has 0 bridgehead atoms.